The van der Waals surface area contributed by atoms with Crippen molar-refractivity contribution < 1.29 is 9.53 Å². The number of hydrogen-bond acceptors (Lipinski definition) is 3. The zero-order valence-electron chi connectivity index (χ0n) is 8.40. The third kappa shape index (κ3) is 0.804. The highest BCUT2D eigenvalue weighted by Crippen LogP contribution is 2.60. The first kappa shape index (κ1) is 8.53. The van der Waals surface area contributed by atoms with E-state index >= 15 is 0 Å². The molecule has 1 spiro atoms. The maximum atomic E-state index is 11.3. The number of carbonyl (C=O) groups is 1. The quantitative estimate of drug-likeness (QED) is 0.466. The van der Waals surface area contributed by atoms with Gasteiger partial charge in [0.05, 0.1) is 0 Å². The highest BCUT2D eigenvalue weighted by atomic mass is 16.6. The molecular formula is C10H16N2O2. The molecule has 14 heavy (non-hydrogen) atoms. The minimum absolute atomic E-state index is 0.142. The third-order valence-corrected chi connectivity index (χ3v) is 4.69. The fraction of sp³-hybridized carbons (Fsp3) is 0.900. The molecule has 2 N–H and O–H groups in total. The van der Waals surface area contributed by atoms with Crippen LogP contribution in [-0.2, 0) is 4.74 Å². The second-order valence-electron chi connectivity index (χ2n) is 5.06. The van der Waals surface area contributed by atoms with Gasteiger partial charge in [0.15, 0.2) is 0 Å². The molecule has 0 radical (unpaired) electrons. The van der Waals surface area contributed by atoms with E-state index in [-0.39, 0.29) is 17.6 Å². The average molecular weight is 196 g/mol. The Bertz CT molecular complexity index is 294. The lowest BCUT2D eigenvalue weighted by molar-refractivity contribution is -0.0656. The van der Waals surface area contributed by atoms with Gasteiger partial charge in [-0.1, -0.05) is 6.92 Å². The molecule has 2 bridgehead atoms. The summed E-state index contributed by atoms with van der Waals surface area (Å²) in [5, 5.41) is 1.25. The maximum Gasteiger partial charge on any atom is 0.424 e. The van der Waals surface area contributed by atoms with Crippen molar-refractivity contribution in [3.05, 3.63) is 0 Å². The third-order valence-electron chi connectivity index (χ3n) is 4.69. The molecule has 2 aliphatic carbocycles. The summed E-state index contributed by atoms with van der Waals surface area (Å²) in [5.74, 6) is 7.04. The van der Waals surface area contributed by atoms with Gasteiger partial charge in [0, 0.05) is 12.0 Å². The number of rotatable bonds is 0. The largest absolute Gasteiger partial charge is 0.444 e. The van der Waals surface area contributed by atoms with Crippen molar-refractivity contribution in [2.24, 2.45) is 23.1 Å². The molecule has 4 heteroatoms. The molecule has 3 aliphatic rings. The number of nitrogens with two attached hydrogens (primary N) is 1. The van der Waals surface area contributed by atoms with Gasteiger partial charge >= 0.3 is 6.09 Å². The first-order chi connectivity index (χ1) is 6.63. The Labute approximate surface area is 83.4 Å². The highest BCUT2D eigenvalue weighted by molar-refractivity contribution is 5.68. The van der Waals surface area contributed by atoms with E-state index in [1.165, 1.54) is 17.9 Å². The fourth-order valence-electron chi connectivity index (χ4n) is 3.75. The summed E-state index contributed by atoms with van der Waals surface area (Å²) in [6.45, 7) is 2.97. The van der Waals surface area contributed by atoms with E-state index < -0.39 is 0 Å². The second-order valence-corrected chi connectivity index (χ2v) is 5.06. The number of hydrazine groups is 1. The molecule has 4 atom stereocenters. The van der Waals surface area contributed by atoms with E-state index in [1.54, 1.807) is 0 Å². The van der Waals surface area contributed by atoms with Crippen LogP contribution in [-0.4, -0.2) is 23.8 Å². The number of ether oxygens (including phenoxy) is 1. The Morgan fingerprint density at radius 1 is 1.64 bits per heavy atom. The minimum Gasteiger partial charge on any atom is -0.444 e. The van der Waals surface area contributed by atoms with Crippen LogP contribution in [0.3, 0.4) is 0 Å². The van der Waals surface area contributed by atoms with Gasteiger partial charge in [-0.3, -0.25) is 0 Å². The van der Waals surface area contributed by atoms with Gasteiger partial charge in [0.2, 0.25) is 0 Å². The summed E-state index contributed by atoms with van der Waals surface area (Å²) in [7, 11) is 0. The minimum atomic E-state index is -0.347. The summed E-state index contributed by atoms with van der Waals surface area (Å²) in [5.41, 5.74) is 0.174. The van der Waals surface area contributed by atoms with Crippen LogP contribution in [0.1, 0.15) is 26.2 Å². The summed E-state index contributed by atoms with van der Waals surface area (Å²) in [6.07, 6.45) is 3.30. The van der Waals surface area contributed by atoms with Crippen LogP contribution in [0, 0.1) is 17.3 Å². The van der Waals surface area contributed by atoms with Crippen LogP contribution in [0.5, 0.6) is 0 Å². The molecule has 3 rings (SSSR count). The van der Waals surface area contributed by atoms with Gasteiger partial charge < -0.3 is 4.74 Å². The highest BCUT2D eigenvalue weighted by Gasteiger charge is 2.61. The molecule has 1 saturated heterocycles. The van der Waals surface area contributed by atoms with Crippen molar-refractivity contribution in [1.29, 1.82) is 0 Å². The zero-order chi connectivity index (χ0) is 9.92. The lowest BCUT2D eigenvalue weighted by atomic mass is 9.76. The SMILES string of the molecule is CC1C2CCC13CN(N)C(=O)OC3C2. The zero-order valence-corrected chi connectivity index (χ0v) is 8.40. The van der Waals surface area contributed by atoms with Crippen molar-refractivity contribution in [2.45, 2.75) is 32.3 Å². The van der Waals surface area contributed by atoms with Gasteiger partial charge in [-0.25, -0.2) is 15.6 Å². The van der Waals surface area contributed by atoms with Gasteiger partial charge in [0.25, 0.3) is 0 Å². The van der Waals surface area contributed by atoms with Crippen LogP contribution in [0.15, 0.2) is 0 Å². The van der Waals surface area contributed by atoms with Crippen molar-refractivity contribution in [3.8, 4) is 0 Å². The molecule has 0 aromatic heterocycles. The Balaban J connectivity index is 1.95. The Morgan fingerprint density at radius 2 is 2.43 bits per heavy atom. The molecule has 1 amide bonds. The number of carbonyl (C=O) groups excluding carboxylic acids is 1. The summed E-state index contributed by atoms with van der Waals surface area (Å²) < 4.78 is 5.38. The molecule has 1 heterocycles. The van der Waals surface area contributed by atoms with Gasteiger partial charge in [0.1, 0.15) is 6.10 Å². The summed E-state index contributed by atoms with van der Waals surface area (Å²) in [6, 6.07) is 0. The van der Waals surface area contributed by atoms with E-state index in [9.17, 15) is 4.79 Å². The normalized spacial score (nSPS) is 50.6. The van der Waals surface area contributed by atoms with Gasteiger partial charge in [-0.15, -0.1) is 0 Å². The molecule has 2 saturated carbocycles. The van der Waals surface area contributed by atoms with E-state index in [0.29, 0.717) is 12.5 Å². The molecule has 0 aromatic rings. The van der Waals surface area contributed by atoms with Crippen molar-refractivity contribution in [3.63, 3.8) is 0 Å². The first-order valence-corrected chi connectivity index (χ1v) is 5.36. The van der Waals surface area contributed by atoms with Crippen molar-refractivity contribution >= 4 is 6.09 Å². The number of amides is 1. The van der Waals surface area contributed by atoms with E-state index in [1.807, 2.05) is 0 Å². The van der Waals surface area contributed by atoms with Crippen molar-refractivity contribution in [2.75, 3.05) is 6.54 Å². The summed E-state index contributed by atoms with van der Waals surface area (Å²) >= 11 is 0. The number of hydrogen-bond donors (Lipinski definition) is 1. The molecular weight excluding hydrogens is 180 g/mol. The molecule has 4 nitrogen and oxygen atoms in total. The first-order valence-electron chi connectivity index (χ1n) is 5.36. The fourth-order valence-corrected chi connectivity index (χ4v) is 3.75. The molecule has 3 fully saturated rings. The molecule has 4 unspecified atom stereocenters. The van der Waals surface area contributed by atoms with Gasteiger partial charge in [-0.05, 0) is 31.1 Å². The van der Waals surface area contributed by atoms with Crippen LogP contribution >= 0.6 is 0 Å². The smallest absolute Gasteiger partial charge is 0.424 e. The molecule has 0 aromatic carbocycles. The van der Waals surface area contributed by atoms with Crippen LogP contribution in [0.2, 0.25) is 0 Å². The second kappa shape index (κ2) is 2.42. The predicted molar refractivity (Wildman–Crippen MR) is 50.1 cm³/mol. The number of nitrogens with zero attached hydrogens (tertiary/aromatic N) is 1. The Morgan fingerprint density at radius 3 is 3.14 bits per heavy atom. The van der Waals surface area contributed by atoms with E-state index in [0.717, 1.165) is 12.3 Å². The van der Waals surface area contributed by atoms with Crippen molar-refractivity contribution in [1.82, 2.24) is 5.01 Å². The Hall–Kier alpha value is -0.770. The van der Waals surface area contributed by atoms with Crippen LogP contribution in [0.25, 0.3) is 0 Å². The lowest BCUT2D eigenvalue weighted by Crippen LogP contribution is -2.57. The van der Waals surface area contributed by atoms with Crippen LogP contribution < -0.4 is 5.84 Å². The maximum absolute atomic E-state index is 11.3. The predicted octanol–water partition coefficient (Wildman–Crippen LogP) is 1.12. The average Bonchev–Trinajstić information content (AvgIpc) is 2.57. The van der Waals surface area contributed by atoms with Gasteiger partial charge in [-0.2, -0.15) is 0 Å². The Kier molecular flexibility index (Phi) is 1.48. The molecule has 1 aliphatic heterocycles. The molecule has 78 valence electrons. The van der Waals surface area contributed by atoms with E-state index in [4.69, 9.17) is 10.6 Å². The number of fused-ring (bicyclic) bond motifs is 1. The summed E-state index contributed by atoms with van der Waals surface area (Å²) in [4.78, 5) is 11.3. The van der Waals surface area contributed by atoms with E-state index in [2.05, 4.69) is 6.92 Å². The van der Waals surface area contributed by atoms with Crippen LogP contribution in [0.4, 0.5) is 4.79 Å². The lowest BCUT2D eigenvalue weighted by Gasteiger charge is -2.43. The topological polar surface area (TPSA) is 55.6 Å². The standard InChI is InChI=1S/C10H16N2O2/c1-6-7-2-3-10(6)5-12(11)9(13)14-8(10)4-7/h6-8H,2-5,11H2,1H3. The monoisotopic (exact) mass is 196 g/mol.